The molecule has 10 heteroatoms. The predicted octanol–water partition coefficient (Wildman–Crippen LogP) is 3.84. The Kier molecular flexibility index (Phi) is 8.14. The first-order valence-electron chi connectivity index (χ1n) is 12.2. The van der Waals surface area contributed by atoms with Crippen LogP contribution in [0.2, 0.25) is 5.02 Å². The average molecular weight is 529 g/mol. The molecule has 2 aliphatic rings. The number of carbonyl (C=O) groups is 3. The van der Waals surface area contributed by atoms with E-state index >= 15 is 0 Å². The molecule has 1 N–H and O–H groups in total. The summed E-state index contributed by atoms with van der Waals surface area (Å²) in [5.74, 6) is -1.21. The Morgan fingerprint density at radius 1 is 1.16 bits per heavy atom. The molecule has 0 aliphatic carbocycles. The summed E-state index contributed by atoms with van der Waals surface area (Å²) in [7, 11) is 1.61. The average Bonchev–Trinajstić information content (AvgIpc) is 2.87. The highest BCUT2D eigenvalue weighted by atomic mass is 35.5. The lowest BCUT2D eigenvalue weighted by Crippen LogP contribution is -2.56. The smallest absolute Gasteiger partial charge is 0.338 e. The fourth-order valence-corrected chi connectivity index (χ4v) is 5.06. The van der Waals surface area contributed by atoms with Gasteiger partial charge in [-0.25, -0.2) is 14.0 Å². The van der Waals surface area contributed by atoms with Gasteiger partial charge in [0.2, 0.25) is 0 Å². The van der Waals surface area contributed by atoms with E-state index in [0.29, 0.717) is 53.6 Å². The van der Waals surface area contributed by atoms with E-state index in [-0.39, 0.29) is 24.6 Å². The molecule has 0 spiro atoms. The normalized spacial score (nSPS) is 20.6. The second-order valence-corrected chi connectivity index (χ2v) is 9.54. The molecular weight excluding hydrogens is 499 g/mol. The van der Waals surface area contributed by atoms with Crippen LogP contribution in [0, 0.1) is 5.82 Å². The minimum Gasteiger partial charge on any atom is -0.463 e. The monoisotopic (exact) mass is 528 g/mol. The lowest BCUT2D eigenvalue weighted by Gasteiger charge is -2.42. The molecule has 2 aromatic carbocycles. The molecule has 2 atom stereocenters. The standard InChI is InChI=1S/C27H30ClFN4O4/c1-4-37-26(35)23-22(31(3)27(36)30-24(23)20-10-5-6-11-21(20)28)16-32-12-13-33(17(2)15-32)25(34)18-8-7-9-19(29)14-18/h5-11,14,17,24H,4,12-13,15-16H2,1-3H3,(H,30,36)/t17-,24-/m0/s1. The van der Waals surface area contributed by atoms with Crippen LogP contribution in [-0.2, 0) is 9.53 Å². The van der Waals surface area contributed by atoms with Crippen LogP contribution in [0.5, 0.6) is 0 Å². The summed E-state index contributed by atoms with van der Waals surface area (Å²) in [5, 5.41) is 3.30. The van der Waals surface area contributed by atoms with Crippen molar-refractivity contribution in [3.05, 3.63) is 81.8 Å². The minimum atomic E-state index is -0.764. The maximum Gasteiger partial charge on any atom is 0.338 e. The molecule has 0 bridgehead atoms. The molecule has 1 fully saturated rings. The summed E-state index contributed by atoms with van der Waals surface area (Å²) in [4.78, 5) is 44.4. The largest absolute Gasteiger partial charge is 0.463 e. The van der Waals surface area contributed by atoms with Gasteiger partial charge in [-0.3, -0.25) is 14.6 Å². The number of halogens is 2. The minimum absolute atomic E-state index is 0.168. The van der Waals surface area contributed by atoms with Crippen LogP contribution in [0.15, 0.2) is 59.8 Å². The number of urea groups is 1. The molecule has 8 nitrogen and oxygen atoms in total. The first kappa shape index (κ1) is 26.6. The first-order valence-corrected chi connectivity index (χ1v) is 12.6. The number of nitrogens with zero attached hydrogens (tertiary/aromatic N) is 3. The zero-order valence-electron chi connectivity index (χ0n) is 21.0. The van der Waals surface area contributed by atoms with Gasteiger partial charge in [0.15, 0.2) is 0 Å². The Balaban J connectivity index is 1.61. The quantitative estimate of drug-likeness (QED) is 0.576. The molecule has 2 aromatic rings. The molecule has 37 heavy (non-hydrogen) atoms. The summed E-state index contributed by atoms with van der Waals surface area (Å²) < 4.78 is 19.0. The third-order valence-corrected chi connectivity index (χ3v) is 7.05. The Morgan fingerprint density at radius 2 is 1.92 bits per heavy atom. The van der Waals surface area contributed by atoms with Gasteiger partial charge in [0.1, 0.15) is 5.82 Å². The van der Waals surface area contributed by atoms with Crippen molar-refractivity contribution >= 4 is 29.5 Å². The van der Waals surface area contributed by atoms with E-state index in [1.807, 2.05) is 6.92 Å². The van der Waals surface area contributed by atoms with Crippen LogP contribution in [0.3, 0.4) is 0 Å². The van der Waals surface area contributed by atoms with Crippen molar-refractivity contribution in [2.75, 3.05) is 39.8 Å². The third-order valence-electron chi connectivity index (χ3n) is 6.71. The van der Waals surface area contributed by atoms with E-state index in [0.717, 1.165) is 0 Å². The summed E-state index contributed by atoms with van der Waals surface area (Å²) in [6.45, 7) is 5.57. The van der Waals surface area contributed by atoms with E-state index < -0.39 is 17.8 Å². The zero-order chi connectivity index (χ0) is 26.7. The Morgan fingerprint density at radius 3 is 2.59 bits per heavy atom. The van der Waals surface area contributed by atoms with Gasteiger partial charge < -0.3 is 15.0 Å². The molecule has 2 aliphatic heterocycles. The number of hydrogen-bond acceptors (Lipinski definition) is 5. The van der Waals surface area contributed by atoms with Crippen LogP contribution in [-0.4, -0.2) is 78.5 Å². The van der Waals surface area contributed by atoms with Crippen LogP contribution in [0.25, 0.3) is 0 Å². The predicted molar refractivity (Wildman–Crippen MR) is 137 cm³/mol. The first-order chi connectivity index (χ1) is 17.7. The molecule has 3 amide bonds. The fraction of sp³-hybridized carbons (Fsp3) is 0.370. The van der Waals surface area contributed by atoms with E-state index in [9.17, 15) is 18.8 Å². The van der Waals surface area contributed by atoms with Gasteiger partial charge >= 0.3 is 12.0 Å². The van der Waals surface area contributed by atoms with E-state index in [4.69, 9.17) is 16.3 Å². The van der Waals surface area contributed by atoms with Gasteiger partial charge in [-0.15, -0.1) is 0 Å². The van der Waals surface area contributed by atoms with Crippen molar-refractivity contribution < 1.29 is 23.5 Å². The molecule has 0 radical (unpaired) electrons. The van der Waals surface area contributed by atoms with E-state index in [1.54, 1.807) is 49.2 Å². The van der Waals surface area contributed by atoms with Gasteiger partial charge in [-0.1, -0.05) is 35.9 Å². The SMILES string of the molecule is CCOC(=O)C1=C(CN2CCN(C(=O)c3cccc(F)c3)[C@@H](C)C2)N(C)C(=O)N[C@H]1c1ccccc1Cl. The molecular formula is C27H30ClFN4O4. The van der Waals surface area contributed by atoms with Gasteiger partial charge in [0.05, 0.1) is 18.2 Å². The van der Waals surface area contributed by atoms with Crippen LogP contribution < -0.4 is 5.32 Å². The number of hydrogen-bond donors (Lipinski definition) is 1. The number of benzene rings is 2. The summed E-state index contributed by atoms with van der Waals surface area (Å²) in [6.07, 6.45) is 0. The van der Waals surface area contributed by atoms with Crippen LogP contribution in [0.1, 0.15) is 35.8 Å². The Hall–Kier alpha value is -3.43. The second kappa shape index (κ2) is 11.3. The number of esters is 1. The van der Waals surface area contributed by atoms with Crippen LogP contribution in [0.4, 0.5) is 9.18 Å². The van der Waals surface area contributed by atoms with Crippen molar-refractivity contribution in [2.24, 2.45) is 0 Å². The van der Waals surface area contributed by atoms with Gasteiger partial charge in [0.25, 0.3) is 5.91 Å². The molecule has 0 saturated carbocycles. The number of carbonyl (C=O) groups excluding carboxylic acids is 3. The highest BCUT2D eigenvalue weighted by Gasteiger charge is 2.39. The van der Waals surface area contributed by atoms with Gasteiger partial charge in [-0.2, -0.15) is 0 Å². The number of nitrogens with one attached hydrogen (secondary N) is 1. The lowest BCUT2D eigenvalue weighted by molar-refractivity contribution is -0.139. The maximum atomic E-state index is 13.7. The summed E-state index contributed by atoms with van der Waals surface area (Å²) >= 11 is 6.44. The molecule has 0 aromatic heterocycles. The molecule has 196 valence electrons. The van der Waals surface area contributed by atoms with E-state index in [2.05, 4.69) is 10.2 Å². The third kappa shape index (κ3) is 5.62. The zero-order valence-corrected chi connectivity index (χ0v) is 21.8. The number of ether oxygens (including phenoxy) is 1. The summed E-state index contributed by atoms with van der Waals surface area (Å²) in [5.41, 5.74) is 1.75. The maximum absolute atomic E-state index is 13.7. The van der Waals surface area contributed by atoms with Crippen LogP contribution >= 0.6 is 11.6 Å². The topological polar surface area (TPSA) is 82.2 Å². The Labute approximate surface area is 220 Å². The lowest BCUT2D eigenvalue weighted by atomic mass is 9.94. The number of likely N-dealkylation sites (N-methyl/N-ethyl adjacent to an activating group) is 1. The number of piperazine rings is 1. The van der Waals surface area contributed by atoms with Crippen molar-refractivity contribution in [3.8, 4) is 0 Å². The highest BCUT2D eigenvalue weighted by Crippen LogP contribution is 2.35. The van der Waals surface area contributed by atoms with Crippen molar-refractivity contribution in [1.29, 1.82) is 0 Å². The van der Waals surface area contributed by atoms with E-state index in [1.165, 1.54) is 23.1 Å². The van der Waals surface area contributed by atoms with Crippen molar-refractivity contribution in [2.45, 2.75) is 25.9 Å². The molecule has 2 heterocycles. The van der Waals surface area contributed by atoms with Gasteiger partial charge in [-0.05, 0) is 43.7 Å². The molecule has 1 saturated heterocycles. The summed E-state index contributed by atoms with van der Waals surface area (Å²) in [6, 6.07) is 11.4. The highest BCUT2D eigenvalue weighted by molar-refractivity contribution is 6.31. The Bertz CT molecular complexity index is 1240. The van der Waals surface area contributed by atoms with Crippen molar-refractivity contribution in [1.82, 2.24) is 20.0 Å². The van der Waals surface area contributed by atoms with Crippen molar-refractivity contribution in [3.63, 3.8) is 0 Å². The fourth-order valence-electron chi connectivity index (χ4n) is 4.82. The second-order valence-electron chi connectivity index (χ2n) is 9.14. The molecule has 0 unspecified atom stereocenters. The number of rotatable bonds is 6. The number of amides is 3. The molecule has 4 rings (SSSR count). The van der Waals surface area contributed by atoms with Gasteiger partial charge in [0, 0.05) is 55.6 Å².